The zero-order valence-corrected chi connectivity index (χ0v) is 9.07. The van der Waals surface area contributed by atoms with Crippen molar-refractivity contribution in [1.29, 1.82) is 0 Å². The molecule has 1 unspecified atom stereocenters. The predicted molar refractivity (Wildman–Crippen MR) is 54.6 cm³/mol. The zero-order valence-electron chi connectivity index (χ0n) is 7.36. The molecule has 5 heteroatoms. The number of aliphatic carboxylic acids is 1. The van der Waals surface area contributed by atoms with Gasteiger partial charge in [0.25, 0.3) is 0 Å². The van der Waals surface area contributed by atoms with Gasteiger partial charge in [0.05, 0.1) is 0 Å². The van der Waals surface area contributed by atoms with Gasteiger partial charge < -0.3 is 0 Å². The van der Waals surface area contributed by atoms with Gasteiger partial charge in [-0.05, 0) is 0 Å². The van der Waals surface area contributed by atoms with Crippen molar-refractivity contribution in [1.82, 2.24) is 4.98 Å². The van der Waals surface area contributed by atoms with E-state index in [9.17, 15) is 4.79 Å². The van der Waals surface area contributed by atoms with Crippen LogP contribution in [0.1, 0.15) is 5.56 Å². The van der Waals surface area contributed by atoms with E-state index >= 15 is 0 Å². The van der Waals surface area contributed by atoms with Crippen LogP contribution < -0.4 is 5.73 Å². The van der Waals surface area contributed by atoms with Gasteiger partial charge in [0.2, 0.25) is 0 Å². The molecule has 1 atom stereocenters. The summed E-state index contributed by atoms with van der Waals surface area (Å²) in [4.78, 5) is 15.8. The van der Waals surface area contributed by atoms with Gasteiger partial charge in [-0.1, -0.05) is 0 Å². The maximum absolute atomic E-state index is 10.6. The van der Waals surface area contributed by atoms with Gasteiger partial charge in [-0.15, -0.1) is 0 Å². The van der Waals surface area contributed by atoms with E-state index in [0.29, 0.717) is 20.9 Å². The summed E-state index contributed by atoms with van der Waals surface area (Å²) in [5.74, 6) is -0.951. The van der Waals surface area contributed by atoms with Crippen LogP contribution in [-0.4, -0.2) is 36.6 Å². The molecule has 14 heavy (non-hydrogen) atoms. The number of hydrogen-bond donors (Lipinski definition) is 3. The normalized spacial score (nSPS) is 13.2. The van der Waals surface area contributed by atoms with E-state index in [-0.39, 0.29) is 0 Å². The second kappa shape index (κ2) is 3.61. The first-order valence-electron chi connectivity index (χ1n) is 4.20. The molecule has 0 amide bonds. The van der Waals surface area contributed by atoms with E-state index in [1.807, 2.05) is 12.3 Å². The Morgan fingerprint density at radius 2 is 2.50 bits per heavy atom. The predicted octanol–water partition coefficient (Wildman–Crippen LogP) is 0.179. The van der Waals surface area contributed by atoms with Crippen molar-refractivity contribution in [2.24, 2.45) is 5.73 Å². The molecule has 4 nitrogen and oxygen atoms in total. The molecule has 74 valence electrons. The van der Waals surface area contributed by atoms with E-state index in [2.05, 4.69) is 9.92 Å². The summed E-state index contributed by atoms with van der Waals surface area (Å²) in [5, 5.41) is 9.82. The number of hydrogen-bond acceptors (Lipinski definition) is 2. The second-order valence-electron chi connectivity index (χ2n) is 3.13. The molecule has 2 heterocycles. The zero-order chi connectivity index (χ0) is 10.1. The average molecular weight is 257 g/mol. The van der Waals surface area contributed by atoms with E-state index in [1.165, 1.54) is 4.39 Å². The fourth-order valence-electron chi connectivity index (χ4n) is 1.40. The van der Waals surface area contributed by atoms with Crippen LogP contribution in [0.3, 0.4) is 0 Å². The van der Waals surface area contributed by atoms with Crippen molar-refractivity contribution in [3.63, 3.8) is 0 Å². The molecule has 0 aromatic carbocycles. The molecule has 0 fully saturated rings. The standard InChI is InChI=1S/C9H10N2O2Se/c10-7(9(12)13)3-5-4-11-8-6(5)1-2-14-8/h1-2,4,7,11H,3,10H2,(H,12,13). The first-order valence-corrected chi connectivity index (χ1v) is 6.05. The summed E-state index contributed by atoms with van der Waals surface area (Å²) in [6, 6.07) is 1.23. The van der Waals surface area contributed by atoms with Crippen LogP contribution in [0, 0.1) is 0 Å². The van der Waals surface area contributed by atoms with Crippen molar-refractivity contribution in [2.75, 3.05) is 0 Å². The van der Waals surface area contributed by atoms with Crippen molar-refractivity contribution in [3.05, 3.63) is 22.8 Å². The number of H-pyrrole nitrogens is 1. The quantitative estimate of drug-likeness (QED) is 0.686. The molecule has 0 saturated carbocycles. The minimum atomic E-state index is -0.951. The summed E-state index contributed by atoms with van der Waals surface area (Å²) >= 11 is 0.376. The Labute approximate surface area is 86.5 Å². The number of fused-ring (bicyclic) bond motifs is 1. The van der Waals surface area contributed by atoms with Gasteiger partial charge in [0.1, 0.15) is 0 Å². The van der Waals surface area contributed by atoms with Gasteiger partial charge in [-0.2, -0.15) is 0 Å². The Bertz CT molecular complexity index is 460. The molecule has 2 rings (SSSR count). The number of aromatic nitrogens is 1. The van der Waals surface area contributed by atoms with E-state index < -0.39 is 12.0 Å². The molecule has 0 aliphatic carbocycles. The Hall–Kier alpha value is -1.03. The Kier molecular flexibility index (Phi) is 2.46. The monoisotopic (exact) mass is 258 g/mol. The van der Waals surface area contributed by atoms with Gasteiger partial charge in [-0.25, -0.2) is 0 Å². The number of carbonyl (C=O) groups is 1. The third-order valence-electron chi connectivity index (χ3n) is 2.15. The van der Waals surface area contributed by atoms with Crippen LogP contribution in [-0.2, 0) is 11.2 Å². The van der Waals surface area contributed by atoms with E-state index in [0.717, 1.165) is 10.9 Å². The Balaban J connectivity index is 2.27. The summed E-state index contributed by atoms with van der Waals surface area (Å²) < 4.78 is 1.21. The molecular weight excluding hydrogens is 247 g/mol. The summed E-state index contributed by atoms with van der Waals surface area (Å²) in [6.45, 7) is 0. The third kappa shape index (κ3) is 1.62. The first kappa shape index (κ1) is 9.52. The number of nitrogens with one attached hydrogen (secondary N) is 1. The maximum atomic E-state index is 10.6. The second-order valence-corrected chi connectivity index (χ2v) is 5.05. The van der Waals surface area contributed by atoms with Crippen LogP contribution in [0.5, 0.6) is 0 Å². The fraction of sp³-hybridized carbons (Fsp3) is 0.222. The molecule has 4 N–H and O–H groups in total. The fourth-order valence-corrected chi connectivity index (χ4v) is 3.06. The van der Waals surface area contributed by atoms with E-state index in [1.54, 1.807) is 0 Å². The molecule has 0 spiro atoms. The third-order valence-corrected chi connectivity index (χ3v) is 3.92. The Morgan fingerprint density at radius 1 is 1.71 bits per heavy atom. The molecule has 0 radical (unpaired) electrons. The van der Waals surface area contributed by atoms with Crippen LogP contribution >= 0.6 is 0 Å². The van der Waals surface area contributed by atoms with Gasteiger partial charge >= 0.3 is 86.1 Å². The summed E-state index contributed by atoms with van der Waals surface area (Å²) in [5.41, 5.74) is 6.47. The van der Waals surface area contributed by atoms with Gasteiger partial charge in [-0.3, -0.25) is 0 Å². The topological polar surface area (TPSA) is 79.1 Å². The molecular formula is C9H10N2O2Se. The summed E-state index contributed by atoms with van der Waals surface area (Å²) in [6.07, 6.45) is 2.25. The summed E-state index contributed by atoms with van der Waals surface area (Å²) in [7, 11) is 0. The van der Waals surface area contributed by atoms with Crippen molar-refractivity contribution < 1.29 is 9.90 Å². The molecule has 0 aliphatic heterocycles. The number of carboxylic acids is 1. The number of nitrogens with two attached hydrogens (primary N) is 1. The molecule has 2 aromatic rings. The SMILES string of the molecule is NC(Cc1c[nH]c2[se]ccc12)C(=O)O. The van der Waals surface area contributed by atoms with E-state index in [4.69, 9.17) is 10.8 Å². The van der Waals surface area contributed by atoms with Gasteiger partial charge in [0, 0.05) is 0 Å². The van der Waals surface area contributed by atoms with Crippen molar-refractivity contribution >= 4 is 30.2 Å². The first-order chi connectivity index (χ1) is 6.68. The molecule has 2 aromatic heterocycles. The number of carboxylic acid groups (broad SMARTS) is 1. The Morgan fingerprint density at radius 3 is 3.21 bits per heavy atom. The molecule has 0 saturated heterocycles. The van der Waals surface area contributed by atoms with Crippen molar-refractivity contribution in [2.45, 2.75) is 12.5 Å². The van der Waals surface area contributed by atoms with Gasteiger partial charge in [0.15, 0.2) is 0 Å². The minimum absolute atomic E-state index is 0.376. The van der Waals surface area contributed by atoms with Crippen LogP contribution in [0.15, 0.2) is 17.2 Å². The van der Waals surface area contributed by atoms with Crippen LogP contribution in [0.2, 0.25) is 0 Å². The van der Waals surface area contributed by atoms with Crippen LogP contribution in [0.4, 0.5) is 0 Å². The number of rotatable bonds is 3. The van der Waals surface area contributed by atoms with Crippen LogP contribution in [0.25, 0.3) is 9.78 Å². The molecule has 0 bridgehead atoms. The van der Waals surface area contributed by atoms with Crippen molar-refractivity contribution in [3.8, 4) is 0 Å². The average Bonchev–Trinajstić information content (AvgIpc) is 2.69. The molecule has 0 aliphatic rings. The number of aromatic amines is 1.